The average Bonchev–Trinajstić information content (AvgIpc) is 2.77. The Hall–Kier alpha value is -0.120. The van der Waals surface area contributed by atoms with Crippen LogP contribution in [0, 0.1) is 5.92 Å². The SMILES string of the molecule is CC(CN1CCCCC1)NC1CCN2CCC1C2. The Morgan fingerprint density at radius 3 is 2.67 bits per heavy atom. The molecule has 3 rings (SSSR count). The molecular weight excluding hydrogens is 222 g/mol. The second-order valence-electron chi connectivity index (χ2n) is 6.67. The minimum absolute atomic E-state index is 0.667. The van der Waals surface area contributed by atoms with Crippen molar-refractivity contribution >= 4 is 0 Å². The van der Waals surface area contributed by atoms with Gasteiger partial charge in [0.2, 0.25) is 0 Å². The van der Waals surface area contributed by atoms with Gasteiger partial charge in [-0.15, -0.1) is 0 Å². The van der Waals surface area contributed by atoms with Crippen molar-refractivity contribution in [2.24, 2.45) is 5.92 Å². The highest BCUT2D eigenvalue weighted by atomic mass is 15.2. The van der Waals surface area contributed by atoms with Crippen LogP contribution >= 0.6 is 0 Å². The lowest BCUT2D eigenvalue weighted by Crippen LogP contribution is -2.50. The van der Waals surface area contributed by atoms with Crippen LogP contribution in [-0.2, 0) is 0 Å². The molecule has 3 aliphatic heterocycles. The van der Waals surface area contributed by atoms with Crippen LogP contribution in [-0.4, -0.2) is 61.2 Å². The molecule has 0 aromatic rings. The van der Waals surface area contributed by atoms with Gasteiger partial charge in [0, 0.05) is 25.2 Å². The standard InChI is InChI=1S/C15H29N3/c1-13(11-17-7-3-2-4-8-17)16-15-6-10-18-9-5-14(15)12-18/h13-16H,2-12H2,1H3. The van der Waals surface area contributed by atoms with Gasteiger partial charge in [-0.1, -0.05) is 6.42 Å². The predicted octanol–water partition coefficient (Wildman–Crippen LogP) is 1.54. The molecule has 2 bridgehead atoms. The Balaban J connectivity index is 1.43. The first-order chi connectivity index (χ1) is 8.81. The van der Waals surface area contributed by atoms with E-state index >= 15 is 0 Å². The van der Waals surface area contributed by atoms with Crippen LogP contribution < -0.4 is 5.32 Å². The average molecular weight is 251 g/mol. The molecule has 0 saturated carbocycles. The molecule has 4 atom stereocenters. The summed E-state index contributed by atoms with van der Waals surface area (Å²) in [5.74, 6) is 0.933. The van der Waals surface area contributed by atoms with Crippen LogP contribution in [0.25, 0.3) is 0 Å². The Bertz CT molecular complexity index is 262. The molecule has 0 amide bonds. The van der Waals surface area contributed by atoms with Crippen molar-refractivity contribution in [3.8, 4) is 0 Å². The minimum Gasteiger partial charge on any atom is -0.310 e. The maximum absolute atomic E-state index is 3.93. The lowest BCUT2D eigenvalue weighted by Gasteiger charge is -2.35. The largest absolute Gasteiger partial charge is 0.310 e. The topological polar surface area (TPSA) is 18.5 Å². The molecule has 3 saturated heterocycles. The molecule has 3 nitrogen and oxygen atoms in total. The van der Waals surface area contributed by atoms with Crippen LogP contribution in [0.15, 0.2) is 0 Å². The van der Waals surface area contributed by atoms with Crippen LogP contribution in [0.2, 0.25) is 0 Å². The third kappa shape index (κ3) is 3.06. The molecule has 3 heterocycles. The van der Waals surface area contributed by atoms with Gasteiger partial charge in [-0.2, -0.15) is 0 Å². The second kappa shape index (κ2) is 5.89. The number of nitrogens with zero attached hydrogens (tertiary/aromatic N) is 2. The number of rotatable bonds is 4. The summed E-state index contributed by atoms with van der Waals surface area (Å²) in [5.41, 5.74) is 0. The van der Waals surface area contributed by atoms with Crippen LogP contribution in [0.1, 0.15) is 39.0 Å². The van der Waals surface area contributed by atoms with Crippen molar-refractivity contribution < 1.29 is 0 Å². The predicted molar refractivity (Wildman–Crippen MR) is 75.8 cm³/mol. The number of hydrogen-bond acceptors (Lipinski definition) is 3. The van der Waals surface area contributed by atoms with Gasteiger partial charge in [0.25, 0.3) is 0 Å². The lowest BCUT2D eigenvalue weighted by molar-refractivity contribution is 0.176. The fourth-order valence-electron chi connectivity index (χ4n) is 4.12. The first-order valence-electron chi connectivity index (χ1n) is 8.02. The van der Waals surface area contributed by atoms with Gasteiger partial charge in [0.1, 0.15) is 0 Å². The van der Waals surface area contributed by atoms with Gasteiger partial charge in [-0.3, -0.25) is 0 Å². The minimum atomic E-state index is 0.667. The molecule has 0 aromatic heterocycles. The van der Waals surface area contributed by atoms with Gasteiger partial charge in [0.15, 0.2) is 0 Å². The molecule has 3 aliphatic rings. The van der Waals surface area contributed by atoms with E-state index in [4.69, 9.17) is 0 Å². The maximum atomic E-state index is 3.93. The van der Waals surface area contributed by atoms with Crippen molar-refractivity contribution in [1.82, 2.24) is 15.1 Å². The summed E-state index contributed by atoms with van der Waals surface area (Å²) in [4.78, 5) is 5.29. The molecule has 0 aromatic carbocycles. The van der Waals surface area contributed by atoms with Gasteiger partial charge < -0.3 is 15.1 Å². The zero-order valence-corrected chi connectivity index (χ0v) is 11.9. The summed E-state index contributed by atoms with van der Waals surface area (Å²) < 4.78 is 0. The Morgan fingerprint density at radius 1 is 1.06 bits per heavy atom. The van der Waals surface area contributed by atoms with E-state index in [0.29, 0.717) is 6.04 Å². The van der Waals surface area contributed by atoms with Gasteiger partial charge in [-0.25, -0.2) is 0 Å². The zero-order valence-electron chi connectivity index (χ0n) is 11.9. The summed E-state index contributed by atoms with van der Waals surface area (Å²) in [5, 5.41) is 3.93. The van der Waals surface area contributed by atoms with Crippen molar-refractivity contribution in [3.63, 3.8) is 0 Å². The van der Waals surface area contributed by atoms with Gasteiger partial charge >= 0.3 is 0 Å². The lowest BCUT2D eigenvalue weighted by atomic mass is 9.93. The van der Waals surface area contributed by atoms with Crippen molar-refractivity contribution in [1.29, 1.82) is 0 Å². The molecule has 18 heavy (non-hydrogen) atoms. The smallest absolute Gasteiger partial charge is 0.0169 e. The van der Waals surface area contributed by atoms with E-state index in [0.717, 1.165) is 12.0 Å². The molecule has 0 radical (unpaired) electrons. The molecule has 0 spiro atoms. The van der Waals surface area contributed by atoms with Gasteiger partial charge in [0.05, 0.1) is 0 Å². The second-order valence-corrected chi connectivity index (χ2v) is 6.67. The fraction of sp³-hybridized carbons (Fsp3) is 1.00. The number of nitrogens with one attached hydrogen (secondary N) is 1. The van der Waals surface area contributed by atoms with E-state index in [2.05, 4.69) is 22.0 Å². The first kappa shape index (κ1) is 12.9. The maximum Gasteiger partial charge on any atom is 0.0169 e. The van der Waals surface area contributed by atoms with E-state index in [9.17, 15) is 0 Å². The normalized spacial score (nSPS) is 38.8. The highest BCUT2D eigenvalue weighted by molar-refractivity contribution is 4.92. The van der Waals surface area contributed by atoms with E-state index in [1.807, 2.05) is 0 Å². The van der Waals surface area contributed by atoms with E-state index in [-0.39, 0.29) is 0 Å². The van der Waals surface area contributed by atoms with Crippen molar-refractivity contribution in [2.45, 2.75) is 51.1 Å². The summed E-state index contributed by atoms with van der Waals surface area (Å²) >= 11 is 0. The highest BCUT2D eigenvalue weighted by Crippen LogP contribution is 2.27. The molecule has 1 N–H and O–H groups in total. The van der Waals surface area contributed by atoms with Crippen LogP contribution in [0.3, 0.4) is 0 Å². The van der Waals surface area contributed by atoms with E-state index in [1.54, 1.807) is 0 Å². The third-order valence-electron chi connectivity index (χ3n) is 5.11. The summed E-state index contributed by atoms with van der Waals surface area (Å²) in [6.07, 6.45) is 7.06. The Morgan fingerprint density at radius 2 is 1.83 bits per heavy atom. The van der Waals surface area contributed by atoms with Crippen LogP contribution in [0.5, 0.6) is 0 Å². The third-order valence-corrected chi connectivity index (χ3v) is 5.11. The first-order valence-corrected chi connectivity index (χ1v) is 8.02. The van der Waals surface area contributed by atoms with Crippen molar-refractivity contribution in [3.05, 3.63) is 0 Å². The molecular formula is C15H29N3. The molecule has 4 unspecified atom stereocenters. The van der Waals surface area contributed by atoms with E-state index in [1.165, 1.54) is 71.4 Å². The molecule has 3 fully saturated rings. The number of fused-ring (bicyclic) bond motifs is 2. The van der Waals surface area contributed by atoms with Crippen LogP contribution in [0.4, 0.5) is 0 Å². The van der Waals surface area contributed by atoms with Crippen molar-refractivity contribution in [2.75, 3.05) is 39.3 Å². The molecule has 3 heteroatoms. The quantitative estimate of drug-likeness (QED) is 0.818. The summed E-state index contributed by atoms with van der Waals surface area (Å²) in [6.45, 7) is 10.3. The number of likely N-dealkylation sites (tertiary alicyclic amines) is 1. The number of piperidine rings is 2. The fourth-order valence-corrected chi connectivity index (χ4v) is 4.12. The van der Waals surface area contributed by atoms with Gasteiger partial charge in [-0.05, 0) is 64.7 Å². The summed E-state index contributed by atoms with van der Waals surface area (Å²) in [7, 11) is 0. The summed E-state index contributed by atoms with van der Waals surface area (Å²) in [6, 6.07) is 1.46. The Labute approximate surface area is 112 Å². The Kier molecular flexibility index (Phi) is 4.22. The monoisotopic (exact) mass is 251 g/mol. The highest BCUT2D eigenvalue weighted by Gasteiger charge is 2.34. The van der Waals surface area contributed by atoms with E-state index < -0.39 is 0 Å². The zero-order chi connectivity index (χ0) is 12.4. The molecule has 104 valence electrons. The molecule has 0 aliphatic carbocycles. The number of hydrogen-bond donors (Lipinski definition) is 1.